The van der Waals surface area contributed by atoms with E-state index in [4.69, 9.17) is 0 Å². The Labute approximate surface area is 210 Å². The third-order valence-corrected chi connectivity index (χ3v) is 8.51. The molecule has 0 spiro atoms. The first-order valence-electron chi connectivity index (χ1n) is 9.79. The Balaban J connectivity index is 2.05. The second kappa shape index (κ2) is 7.96. The minimum Gasteiger partial charge on any atom is -0.203 e. The molecule has 3 aromatic carbocycles. The summed E-state index contributed by atoms with van der Waals surface area (Å²) in [5, 5.41) is 0. The lowest BCUT2D eigenvalue weighted by molar-refractivity contribution is -0.236. The Morgan fingerprint density at radius 1 is 0.395 bits per heavy atom. The summed E-state index contributed by atoms with van der Waals surface area (Å²) in [5.74, 6) is -46.1. The molecule has 0 N–H and O–H groups in total. The van der Waals surface area contributed by atoms with Crippen molar-refractivity contribution >= 4 is 23.5 Å². The van der Waals surface area contributed by atoms with Crippen LogP contribution in [0.1, 0.15) is 22.3 Å². The van der Waals surface area contributed by atoms with Crippen LogP contribution in [-0.4, -0.2) is 0 Å². The van der Waals surface area contributed by atoms with Gasteiger partial charge in [0.15, 0.2) is 34.9 Å². The molecular weight excluding hydrogens is 594 g/mol. The summed E-state index contributed by atoms with van der Waals surface area (Å²) in [4.78, 5) is -3.55. The van der Waals surface area contributed by atoms with E-state index in [-0.39, 0.29) is 33.3 Å². The number of alkyl halides is 8. The van der Waals surface area contributed by atoms with Gasteiger partial charge in [0.2, 0.25) is 0 Å². The van der Waals surface area contributed by atoms with Crippen molar-refractivity contribution in [1.29, 1.82) is 0 Å². The summed E-state index contributed by atoms with van der Waals surface area (Å²) >= 11 is -0.240. The smallest absolute Gasteiger partial charge is 0.203 e. The summed E-state index contributed by atoms with van der Waals surface area (Å²) in [5.41, 5.74) is -12.5. The molecule has 0 fully saturated rings. The van der Waals surface area contributed by atoms with Crippen LogP contribution in [-0.2, 0) is 23.7 Å². The molecule has 4 bridgehead atoms. The van der Waals surface area contributed by atoms with E-state index >= 15 is 43.9 Å². The van der Waals surface area contributed by atoms with Gasteiger partial charge in [0, 0.05) is 19.6 Å². The van der Waals surface area contributed by atoms with Crippen LogP contribution in [0.2, 0.25) is 0 Å². The summed E-state index contributed by atoms with van der Waals surface area (Å²) in [7, 11) is 0. The van der Waals surface area contributed by atoms with E-state index in [0.29, 0.717) is 0 Å². The first-order valence-corrected chi connectivity index (χ1v) is 11.4. The fourth-order valence-electron chi connectivity index (χ4n) is 4.05. The molecule has 0 saturated heterocycles. The topological polar surface area (TPSA) is 0 Å². The highest BCUT2D eigenvalue weighted by atomic mass is 32.2. The predicted octanol–water partition coefficient (Wildman–Crippen LogP) is 9.22. The number of benzene rings is 3. The maximum absolute atomic E-state index is 15.3. The average molecular weight is 598 g/mol. The lowest BCUT2D eigenvalue weighted by Gasteiger charge is -2.36. The minimum absolute atomic E-state index is 0.120. The largest absolute Gasteiger partial charge is 0.345 e. The van der Waals surface area contributed by atoms with Crippen molar-refractivity contribution in [2.45, 2.75) is 43.3 Å². The van der Waals surface area contributed by atoms with Crippen molar-refractivity contribution in [2.75, 3.05) is 0 Å². The predicted molar refractivity (Wildman–Crippen MR) is 103 cm³/mol. The molecule has 0 amide bonds. The van der Waals surface area contributed by atoms with Gasteiger partial charge in [-0.3, -0.25) is 0 Å². The van der Waals surface area contributed by atoms with Crippen LogP contribution in [0.5, 0.6) is 0 Å². The second-order valence-electron chi connectivity index (χ2n) is 7.99. The maximum atomic E-state index is 15.3. The number of halogens is 14. The molecule has 3 aromatic rings. The van der Waals surface area contributed by atoms with Gasteiger partial charge in [-0.2, -0.15) is 35.1 Å². The Bertz CT molecular complexity index is 1400. The molecule has 4 aliphatic carbocycles. The quantitative estimate of drug-likeness (QED) is 0.146. The standard InChI is InChI=1S/C22H4F14S2/c23-11-7-12(24)14(26)8(13(11)25)20(31,32)22(35,36)10-16(28)15(27)9(21(33,34)19(7,29)30)17-18(10)38-6-4-2-1-3-5(6)37-17/h1-4H. The fraction of sp³-hybridized carbons (Fsp3) is 0.182. The molecule has 8 rings (SSSR count). The average Bonchev–Trinajstić information content (AvgIpc) is 2.81. The van der Waals surface area contributed by atoms with Crippen molar-refractivity contribution in [3.63, 3.8) is 0 Å². The molecule has 5 aliphatic rings. The zero-order valence-electron chi connectivity index (χ0n) is 17.4. The maximum Gasteiger partial charge on any atom is 0.345 e. The molecular formula is C22H4F14S2. The monoisotopic (exact) mass is 598 g/mol. The van der Waals surface area contributed by atoms with Gasteiger partial charge in [0.25, 0.3) is 0 Å². The lowest BCUT2D eigenvalue weighted by atomic mass is 9.86. The van der Waals surface area contributed by atoms with E-state index in [1.807, 2.05) is 0 Å². The normalized spacial score (nSPS) is 19.9. The molecule has 0 atom stereocenters. The molecule has 0 radical (unpaired) electrons. The van der Waals surface area contributed by atoms with Crippen molar-refractivity contribution in [3.05, 3.63) is 81.4 Å². The van der Waals surface area contributed by atoms with Gasteiger partial charge in [-0.25, -0.2) is 26.3 Å². The Kier molecular flexibility index (Phi) is 5.65. The Morgan fingerprint density at radius 2 is 0.632 bits per heavy atom. The van der Waals surface area contributed by atoms with E-state index in [1.165, 1.54) is 12.1 Å². The molecule has 0 aromatic heterocycles. The summed E-state index contributed by atoms with van der Waals surface area (Å²) in [6.07, 6.45) is 0. The van der Waals surface area contributed by atoms with E-state index in [9.17, 15) is 17.6 Å². The number of hydrogen-bond acceptors (Lipinski definition) is 2. The second-order valence-corrected chi connectivity index (χ2v) is 10.1. The molecule has 38 heavy (non-hydrogen) atoms. The number of rotatable bonds is 0. The van der Waals surface area contributed by atoms with E-state index < -0.39 is 90.6 Å². The van der Waals surface area contributed by atoms with Crippen LogP contribution in [0.15, 0.2) is 43.8 Å². The van der Waals surface area contributed by atoms with E-state index in [1.54, 1.807) is 0 Å². The van der Waals surface area contributed by atoms with Gasteiger partial charge in [0.05, 0.1) is 11.1 Å². The fourth-order valence-corrected chi connectivity index (χ4v) is 6.65. The SMILES string of the molecule is Fc1c(F)c2c(F)c(F)c1C(F)(F)C(F)(F)c1c(F)c(F)c(c3c1Sc1ccccc1S3)C(F)(F)C2(F)F. The Morgan fingerprint density at radius 3 is 0.921 bits per heavy atom. The van der Waals surface area contributed by atoms with Crippen LogP contribution in [0, 0.1) is 34.9 Å². The molecule has 0 unspecified atom stereocenters. The molecule has 1 aliphatic heterocycles. The summed E-state index contributed by atoms with van der Waals surface area (Å²) < 4.78 is 210. The highest BCUT2D eigenvalue weighted by molar-refractivity contribution is 8.05. The molecule has 0 nitrogen and oxygen atoms in total. The van der Waals surface area contributed by atoms with E-state index in [0.717, 1.165) is 12.1 Å². The van der Waals surface area contributed by atoms with Gasteiger partial charge in [0.1, 0.15) is 11.1 Å². The van der Waals surface area contributed by atoms with E-state index in [2.05, 4.69) is 0 Å². The van der Waals surface area contributed by atoms with Gasteiger partial charge in [-0.15, -0.1) is 0 Å². The lowest BCUT2D eigenvalue weighted by Crippen LogP contribution is -2.44. The number of fused-ring (bicyclic) bond motifs is 1. The van der Waals surface area contributed by atoms with Gasteiger partial charge in [-0.1, -0.05) is 35.7 Å². The summed E-state index contributed by atoms with van der Waals surface area (Å²) in [6, 6.07) is 4.69. The van der Waals surface area contributed by atoms with Crippen molar-refractivity contribution in [2.24, 2.45) is 0 Å². The third-order valence-electron chi connectivity index (χ3n) is 5.87. The Hall–Kier alpha value is -2.62. The van der Waals surface area contributed by atoms with Crippen LogP contribution in [0.4, 0.5) is 61.5 Å². The zero-order chi connectivity index (χ0) is 28.3. The van der Waals surface area contributed by atoms with Crippen molar-refractivity contribution < 1.29 is 61.5 Å². The van der Waals surface area contributed by atoms with Crippen molar-refractivity contribution in [3.8, 4) is 0 Å². The van der Waals surface area contributed by atoms with Crippen LogP contribution < -0.4 is 0 Å². The molecule has 0 saturated carbocycles. The van der Waals surface area contributed by atoms with Crippen LogP contribution in [0.25, 0.3) is 0 Å². The molecule has 16 heteroatoms. The number of hydrogen-bond donors (Lipinski definition) is 0. The van der Waals surface area contributed by atoms with Gasteiger partial charge in [-0.05, 0) is 12.1 Å². The minimum atomic E-state index is -6.47. The van der Waals surface area contributed by atoms with Gasteiger partial charge < -0.3 is 0 Å². The first-order chi connectivity index (χ1) is 17.4. The van der Waals surface area contributed by atoms with Gasteiger partial charge >= 0.3 is 23.7 Å². The first kappa shape index (κ1) is 27.0. The van der Waals surface area contributed by atoms with Crippen LogP contribution >= 0.6 is 23.5 Å². The van der Waals surface area contributed by atoms with Crippen LogP contribution in [0.3, 0.4) is 0 Å². The third kappa shape index (κ3) is 3.09. The van der Waals surface area contributed by atoms with Crippen molar-refractivity contribution in [1.82, 2.24) is 0 Å². The molecule has 1 heterocycles. The zero-order valence-corrected chi connectivity index (χ0v) is 19.1. The highest BCUT2D eigenvalue weighted by Crippen LogP contribution is 2.64. The molecule has 202 valence electrons. The highest BCUT2D eigenvalue weighted by Gasteiger charge is 2.69. The summed E-state index contributed by atoms with van der Waals surface area (Å²) in [6.45, 7) is 0.